The fourth-order valence-electron chi connectivity index (χ4n) is 4.03. The van der Waals surface area contributed by atoms with E-state index in [4.69, 9.17) is 31.0 Å². The van der Waals surface area contributed by atoms with Gasteiger partial charge >= 0.3 is 0 Å². The highest BCUT2D eigenvalue weighted by Gasteiger charge is 2.24. The van der Waals surface area contributed by atoms with E-state index in [2.05, 4.69) is 5.32 Å². The number of halogens is 2. The van der Waals surface area contributed by atoms with E-state index in [9.17, 15) is 9.18 Å². The third kappa shape index (κ3) is 5.71. The van der Waals surface area contributed by atoms with Crippen molar-refractivity contribution in [3.05, 3.63) is 41.2 Å². The smallest absolute Gasteiger partial charge is 0.228 e. The van der Waals surface area contributed by atoms with E-state index in [1.807, 2.05) is 28.8 Å². The molecule has 36 heavy (non-hydrogen) atoms. The quantitative estimate of drug-likeness (QED) is 0.484. The number of methoxy groups -OCH3 is 2. The predicted octanol–water partition coefficient (Wildman–Crippen LogP) is 3.78. The first kappa shape index (κ1) is 25.7. The number of carbonyl (C=O) groups excluding carboxylic acids is 1. The Hall–Kier alpha value is -3.37. The zero-order valence-electron chi connectivity index (χ0n) is 20.8. The second-order valence-electron chi connectivity index (χ2n) is 8.77. The van der Waals surface area contributed by atoms with Crippen LogP contribution >= 0.6 is 11.6 Å². The molecule has 0 atom stereocenters. The van der Waals surface area contributed by atoms with Crippen LogP contribution in [0.1, 0.15) is 6.42 Å². The van der Waals surface area contributed by atoms with Gasteiger partial charge in [-0.3, -0.25) is 4.79 Å². The number of hydrogen-bond donors (Lipinski definition) is 1. The van der Waals surface area contributed by atoms with Gasteiger partial charge in [0.2, 0.25) is 11.9 Å². The van der Waals surface area contributed by atoms with E-state index in [0.717, 1.165) is 0 Å². The normalized spacial score (nSPS) is 13.9. The molecule has 3 aromatic rings. The van der Waals surface area contributed by atoms with E-state index >= 15 is 0 Å². The third-order valence-electron chi connectivity index (χ3n) is 6.06. The minimum atomic E-state index is -0.499. The van der Waals surface area contributed by atoms with Crippen LogP contribution in [0.5, 0.6) is 11.5 Å². The molecular weight excluding hydrogens is 487 g/mol. The molecular formula is C25H30ClFN6O3. The third-order valence-corrected chi connectivity index (χ3v) is 6.30. The molecule has 1 N–H and O–H groups in total. The van der Waals surface area contributed by atoms with Gasteiger partial charge in [0, 0.05) is 55.6 Å². The molecule has 1 aliphatic rings. The highest BCUT2D eigenvalue weighted by atomic mass is 35.5. The molecule has 9 nitrogen and oxygen atoms in total. The molecule has 1 saturated heterocycles. The van der Waals surface area contributed by atoms with Crippen LogP contribution in [0.4, 0.5) is 21.8 Å². The largest absolute Gasteiger partial charge is 0.493 e. The van der Waals surface area contributed by atoms with E-state index < -0.39 is 5.82 Å². The molecule has 2 heterocycles. The molecule has 0 spiro atoms. The van der Waals surface area contributed by atoms with E-state index in [1.54, 1.807) is 38.5 Å². The van der Waals surface area contributed by atoms with Gasteiger partial charge in [0.05, 0.1) is 25.4 Å². The van der Waals surface area contributed by atoms with Crippen molar-refractivity contribution in [3.63, 3.8) is 0 Å². The number of amides is 1. The molecule has 1 amide bonds. The van der Waals surface area contributed by atoms with Gasteiger partial charge in [-0.25, -0.2) is 9.37 Å². The molecule has 1 aromatic heterocycles. The highest BCUT2D eigenvalue weighted by Crippen LogP contribution is 2.36. The predicted molar refractivity (Wildman–Crippen MR) is 139 cm³/mol. The molecule has 0 radical (unpaired) electrons. The van der Waals surface area contributed by atoms with Crippen LogP contribution in [-0.4, -0.2) is 86.7 Å². The Balaban J connectivity index is 1.65. The van der Waals surface area contributed by atoms with Crippen LogP contribution in [0.15, 0.2) is 30.3 Å². The topological polar surface area (TPSA) is 83.1 Å². The van der Waals surface area contributed by atoms with E-state index in [0.29, 0.717) is 78.3 Å². The van der Waals surface area contributed by atoms with Gasteiger partial charge in [-0.2, -0.15) is 4.98 Å². The van der Waals surface area contributed by atoms with Gasteiger partial charge < -0.3 is 29.5 Å². The number of piperazine rings is 1. The van der Waals surface area contributed by atoms with Crippen LogP contribution in [0.25, 0.3) is 10.9 Å². The number of ether oxygens (including phenoxy) is 2. The molecule has 0 bridgehead atoms. The van der Waals surface area contributed by atoms with Gasteiger partial charge in [-0.1, -0.05) is 11.6 Å². The summed E-state index contributed by atoms with van der Waals surface area (Å²) in [4.78, 5) is 27.9. The maximum absolute atomic E-state index is 14.6. The molecule has 192 valence electrons. The van der Waals surface area contributed by atoms with Crippen LogP contribution in [0.3, 0.4) is 0 Å². The number of nitrogens with one attached hydrogen (secondary N) is 1. The number of rotatable bonds is 8. The summed E-state index contributed by atoms with van der Waals surface area (Å²) in [6.45, 7) is 3.04. The minimum absolute atomic E-state index is 0.139. The molecule has 2 aromatic carbocycles. The number of hydrogen-bond acceptors (Lipinski definition) is 8. The van der Waals surface area contributed by atoms with Gasteiger partial charge in [-0.05, 0) is 38.4 Å². The van der Waals surface area contributed by atoms with Gasteiger partial charge in [0.15, 0.2) is 11.5 Å². The number of anilines is 3. The maximum atomic E-state index is 14.6. The van der Waals surface area contributed by atoms with Gasteiger partial charge in [-0.15, -0.1) is 0 Å². The second-order valence-corrected chi connectivity index (χ2v) is 9.20. The summed E-state index contributed by atoms with van der Waals surface area (Å²) in [5, 5.41) is 4.03. The monoisotopic (exact) mass is 516 g/mol. The van der Waals surface area contributed by atoms with Crippen molar-refractivity contribution >= 4 is 45.9 Å². The molecule has 0 saturated carbocycles. The van der Waals surface area contributed by atoms with Crippen molar-refractivity contribution in [2.24, 2.45) is 0 Å². The first-order valence-electron chi connectivity index (χ1n) is 11.6. The van der Waals surface area contributed by atoms with Crippen molar-refractivity contribution in [1.82, 2.24) is 19.8 Å². The fraction of sp³-hybridized carbons (Fsp3) is 0.400. The van der Waals surface area contributed by atoms with Crippen molar-refractivity contribution in [3.8, 4) is 11.5 Å². The summed E-state index contributed by atoms with van der Waals surface area (Å²) < 4.78 is 25.5. The molecule has 4 rings (SSSR count). The molecule has 0 unspecified atom stereocenters. The Morgan fingerprint density at radius 1 is 1.08 bits per heavy atom. The van der Waals surface area contributed by atoms with Gasteiger partial charge in [0.25, 0.3) is 0 Å². The Kier molecular flexibility index (Phi) is 7.95. The molecule has 1 aliphatic heterocycles. The zero-order chi connectivity index (χ0) is 25.8. The lowest BCUT2D eigenvalue weighted by Crippen LogP contribution is -2.49. The Bertz CT molecular complexity index is 1250. The number of nitrogens with zero attached hydrogens (tertiary/aromatic N) is 5. The summed E-state index contributed by atoms with van der Waals surface area (Å²) in [6.07, 6.45) is 0.488. The van der Waals surface area contributed by atoms with Crippen molar-refractivity contribution in [1.29, 1.82) is 0 Å². The lowest BCUT2D eigenvalue weighted by Gasteiger charge is -2.35. The molecule has 11 heteroatoms. The van der Waals surface area contributed by atoms with Crippen molar-refractivity contribution < 1.29 is 18.7 Å². The number of benzene rings is 2. The van der Waals surface area contributed by atoms with Crippen LogP contribution in [0, 0.1) is 5.82 Å². The number of carbonyl (C=O) groups is 1. The first-order valence-corrected chi connectivity index (χ1v) is 12.0. The lowest BCUT2D eigenvalue weighted by atomic mass is 10.2. The van der Waals surface area contributed by atoms with Crippen LogP contribution in [0.2, 0.25) is 5.02 Å². The Labute approximate surface area is 214 Å². The standard InChI is InChI=1S/C25H30ClFN6O3/c1-31(2)8-7-23(34)32-9-11-33(12-10-32)25-29-20-15-22(36-4)21(35-3)14-17(20)24(30-25)28-19-6-5-16(26)13-18(19)27/h5-6,13-15H,7-12H2,1-4H3,(H,28,29,30). The fourth-order valence-corrected chi connectivity index (χ4v) is 4.19. The summed E-state index contributed by atoms with van der Waals surface area (Å²) in [7, 11) is 7.01. The van der Waals surface area contributed by atoms with E-state index in [-0.39, 0.29) is 11.6 Å². The molecule has 0 aliphatic carbocycles. The highest BCUT2D eigenvalue weighted by molar-refractivity contribution is 6.30. The SMILES string of the molecule is COc1cc2nc(N3CCN(C(=O)CCN(C)C)CC3)nc(Nc3ccc(Cl)cc3F)c2cc1OC. The summed E-state index contributed by atoms with van der Waals surface area (Å²) in [6, 6.07) is 7.93. The average molecular weight is 517 g/mol. The second kappa shape index (κ2) is 11.1. The number of aromatic nitrogens is 2. The average Bonchev–Trinajstić information content (AvgIpc) is 2.87. The summed E-state index contributed by atoms with van der Waals surface area (Å²) in [5.41, 5.74) is 0.843. The maximum Gasteiger partial charge on any atom is 0.228 e. The van der Waals surface area contributed by atoms with Gasteiger partial charge in [0.1, 0.15) is 11.6 Å². The summed E-state index contributed by atoms with van der Waals surface area (Å²) >= 11 is 5.92. The van der Waals surface area contributed by atoms with Crippen molar-refractivity contribution in [2.75, 3.05) is 71.3 Å². The Morgan fingerprint density at radius 2 is 1.78 bits per heavy atom. The minimum Gasteiger partial charge on any atom is -0.493 e. The van der Waals surface area contributed by atoms with Crippen LogP contribution in [-0.2, 0) is 4.79 Å². The Morgan fingerprint density at radius 3 is 2.42 bits per heavy atom. The molecule has 1 fully saturated rings. The lowest BCUT2D eigenvalue weighted by molar-refractivity contribution is -0.131. The van der Waals surface area contributed by atoms with E-state index in [1.165, 1.54) is 6.07 Å². The number of fused-ring (bicyclic) bond motifs is 1. The zero-order valence-corrected chi connectivity index (χ0v) is 21.6. The first-order chi connectivity index (χ1) is 17.3. The van der Waals surface area contributed by atoms with Crippen molar-refractivity contribution in [2.45, 2.75) is 6.42 Å². The van der Waals surface area contributed by atoms with Crippen LogP contribution < -0.4 is 19.7 Å². The summed E-state index contributed by atoms with van der Waals surface area (Å²) in [5.74, 6) is 1.57.